The number of phenols is 1. The Bertz CT molecular complexity index is 843. The lowest BCUT2D eigenvalue weighted by atomic mass is 10.1. The average molecular weight is 338 g/mol. The van der Waals surface area contributed by atoms with Gasteiger partial charge in [-0.3, -0.25) is 9.69 Å². The topological polar surface area (TPSA) is 52.9 Å². The molecule has 0 unspecified atom stereocenters. The van der Waals surface area contributed by atoms with Crippen LogP contribution in [0.5, 0.6) is 5.75 Å². The van der Waals surface area contributed by atoms with Crippen molar-refractivity contribution in [3.63, 3.8) is 0 Å². The normalized spacial score (nSPS) is 17.9. The number of hydrogen-bond donors (Lipinski definition) is 1. The molecule has 0 aliphatic carbocycles. The van der Waals surface area contributed by atoms with E-state index in [4.69, 9.17) is 0 Å². The predicted molar refractivity (Wildman–Crippen MR) is 99.4 cm³/mol. The summed E-state index contributed by atoms with van der Waals surface area (Å²) in [5, 5.41) is 10.2. The summed E-state index contributed by atoms with van der Waals surface area (Å²) in [7, 11) is 1.73. The zero-order valence-electron chi connectivity index (χ0n) is 13.6. The Morgan fingerprint density at radius 1 is 1.21 bits per heavy atom. The van der Waals surface area contributed by atoms with Crippen LogP contribution in [0.25, 0.3) is 6.08 Å². The highest BCUT2D eigenvalue weighted by molar-refractivity contribution is 8.18. The molecule has 1 fully saturated rings. The number of aliphatic imine (C=N–C) groups is 1. The lowest BCUT2D eigenvalue weighted by Gasteiger charge is -2.08. The molecule has 5 heteroatoms. The van der Waals surface area contributed by atoms with Crippen molar-refractivity contribution in [1.29, 1.82) is 0 Å². The van der Waals surface area contributed by atoms with Gasteiger partial charge in [-0.15, -0.1) is 0 Å². The lowest BCUT2D eigenvalue weighted by molar-refractivity contribution is -0.121. The molecule has 0 atom stereocenters. The first-order valence-corrected chi connectivity index (χ1v) is 8.53. The van der Waals surface area contributed by atoms with Crippen molar-refractivity contribution in [2.75, 3.05) is 7.05 Å². The van der Waals surface area contributed by atoms with Crippen molar-refractivity contribution in [1.82, 2.24) is 4.90 Å². The Morgan fingerprint density at radius 2 is 2.00 bits per heavy atom. The molecule has 122 valence electrons. The van der Waals surface area contributed by atoms with Crippen molar-refractivity contribution in [2.24, 2.45) is 4.99 Å². The van der Waals surface area contributed by atoms with Crippen LogP contribution in [-0.2, 0) is 11.2 Å². The fourth-order valence-corrected chi connectivity index (χ4v) is 3.42. The van der Waals surface area contributed by atoms with Gasteiger partial charge in [-0.1, -0.05) is 37.3 Å². The number of aromatic hydroxyl groups is 1. The van der Waals surface area contributed by atoms with E-state index in [9.17, 15) is 9.90 Å². The fraction of sp³-hybridized carbons (Fsp3) is 0.158. The highest BCUT2D eigenvalue weighted by Crippen LogP contribution is 2.34. The Balaban J connectivity index is 1.93. The lowest BCUT2D eigenvalue weighted by Crippen LogP contribution is -2.23. The zero-order valence-corrected chi connectivity index (χ0v) is 14.4. The number of aryl methyl sites for hydroxylation is 1. The first-order chi connectivity index (χ1) is 11.6. The molecule has 1 saturated heterocycles. The number of carbonyl (C=O) groups excluding carboxylic acids is 1. The molecular weight excluding hydrogens is 320 g/mol. The number of amidine groups is 1. The van der Waals surface area contributed by atoms with Crippen LogP contribution < -0.4 is 0 Å². The minimum atomic E-state index is -0.0870. The molecule has 1 amide bonds. The number of amides is 1. The van der Waals surface area contributed by atoms with Crippen LogP contribution in [0.1, 0.15) is 18.1 Å². The van der Waals surface area contributed by atoms with Crippen molar-refractivity contribution in [2.45, 2.75) is 13.3 Å². The maximum atomic E-state index is 12.4. The van der Waals surface area contributed by atoms with E-state index in [0.29, 0.717) is 10.1 Å². The molecule has 0 spiro atoms. The molecule has 1 aliphatic rings. The number of para-hydroxylation sites is 1. The van der Waals surface area contributed by atoms with E-state index in [1.54, 1.807) is 36.2 Å². The summed E-state index contributed by atoms with van der Waals surface area (Å²) in [6.07, 6.45) is 2.67. The van der Waals surface area contributed by atoms with Gasteiger partial charge in [0.1, 0.15) is 5.75 Å². The van der Waals surface area contributed by atoms with E-state index in [-0.39, 0.29) is 11.7 Å². The van der Waals surface area contributed by atoms with Gasteiger partial charge in [0.25, 0.3) is 5.91 Å². The Hall–Kier alpha value is -2.53. The van der Waals surface area contributed by atoms with Gasteiger partial charge in [-0.25, -0.2) is 4.99 Å². The van der Waals surface area contributed by atoms with Gasteiger partial charge in [0.05, 0.1) is 10.6 Å². The first-order valence-electron chi connectivity index (χ1n) is 7.71. The number of carbonyl (C=O) groups is 1. The summed E-state index contributed by atoms with van der Waals surface area (Å²) in [5.41, 5.74) is 2.83. The molecule has 0 radical (unpaired) electrons. The van der Waals surface area contributed by atoms with Crippen LogP contribution in [0.4, 0.5) is 5.69 Å². The first kappa shape index (κ1) is 16.3. The van der Waals surface area contributed by atoms with Gasteiger partial charge in [0.2, 0.25) is 0 Å². The number of hydrogen-bond acceptors (Lipinski definition) is 4. The molecule has 24 heavy (non-hydrogen) atoms. The van der Waals surface area contributed by atoms with Crippen LogP contribution >= 0.6 is 11.8 Å². The molecule has 0 bridgehead atoms. The van der Waals surface area contributed by atoms with Crippen molar-refractivity contribution < 1.29 is 9.90 Å². The molecule has 1 aliphatic heterocycles. The smallest absolute Gasteiger partial charge is 0.266 e. The average Bonchev–Trinajstić information content (AvgIpc) is 2.83. The third kappa shape index (κ3) is 3.36. The third-order valence-electron chi connectivity index (χ3n) is 3.76. The predicted octanol–water partition coefficient (Wildman–Crippen LogP) is 4.19. The monoisotopic (exact) mass is 338 g/mol. The van der Waals surface area contributed by atoms with Crippen molar-refractivity contribution in [3.05, 3.63) is 64.6 Å². The van der Waals surface area contributed by atoms with Crippen LogP contribution in [-0.4, -0.2) is 28.1 Å². The second kappa shape index (κ2) is 6.93. The minimum absolute atomic E-state index is 0.0870. The highest BCUT2D eigenvalue weighted by Gasteiger charge is 2.30. The standard InChI is InChI=1S/C19H18N2O2S/c1-3-14-8-4-5-10-16(14)20-19-21(2)18(23)17(24-19)12-13-7-6-9-15(22)11-13/h4-12,22H,3H2,1-2H3/b17-12-,20-19?. The number of thioether (sulfide) groups is 1. The third-order valence-corrected chi connectivity index (χ3v) is 4.82. The molecule has 0 saturated carbocycles. The van der Waals surface area contributed by atoms with Crippen molar-refractivity contribution in [3.8, 4) is 5.75 Å². The van der Waals surface area contributed by atoms with E-state index in [1.165, 1.54) is 11.8 Å². The van der Waals surface area contributed by atoms with Crippen LogP contribution in [0.3, 0.4) is 0 Å². The van der Waals surface area contributed by atoms with E-state index < -0.39 is 0 Å². The van der Waals surface area contributed by atoms with Crippen LogP contribution in [0.2, 0.25) is 0 Å². The molecule has 0 aromatic heterocycles. The minimum Gasteiger partial charge on any atom is -0.508 e. The molecule has 1 N–H and O–H groups in total. The van der Waals surface area contributed by atoms with Gasteiger partial charge in [0.15, 0.2) is 5.17 Å². The fourth-order valence-electron chi connectivity index (χ4n) is 2.44. The molecule has 2 aromatic carbocycles. The number of nitrogens with zero attached hydrogens (tertiary/aromatic N) is 2. The summed E-state index contributed by atoms with van der Waals surface area (Å²) in [6.45, 7) is 2.09. The molecular formula is C19H18N2O2S. The van der Waals surface area contributed by atoms with E-state index in [2.05, 4.69) is 11.9 Å². The highest BCUT2D eigenvalue weighted by atomic mass is 32.2. The molecule has 3 rings (SSSR count). The van der Waals surface area contributed by atoms with E-state index in [0.717, 1.165) is 23.2 Å². The quantitative estimate of drug-likeness (QED) is 0.854. The molecule has 4 nitrogen and oxygen atoms in total. The van der Waals surface area contributed by atoms with Crippen molar-refractivity contribution >= 4 is 34.6 Å². The van der Waals surface area contributed by atoms with Gasteiger partial charge in [-0.2, -0.15) is 0 Å². The van der Waals surface area contributed by atoms with Crippen LogP contribution in [0.15, 0.2) is 58.4 Å². The van der Waals surface area contributed by atoms with Gasteiger partial charge < -0.3 is 5.11 Å². The maximum Gasteiger partial charge on any atom is 0.266 e. The Labute approximate surface area is 145 Å². The molecule has 1 heterocycles. The maximum absolute atomic E-state index is 12.4. The SMILES string of the molecule is CCc1ccccc1N=C1S/C(=C\c2cccc(O)c2)C(=O)N1C. The zero-order chi connectivity index (χ0) is 17.1. The summed E-state index contributed by atoms with van der Waals surface area (Å²) in [4.78, 5) is 19.3. The Kier molecular flexibility index (Phi) is 4.71. The molecule has 2 aromatic rings. The van der Waals surface area contributed by atoms with Gasteiger partial charge in [0, 0.05) is 7.05 Å². The van der Waals surface area contributed by atoms with E-state index in [1.807, 2.05) is 30.3 Å². The summed E-state index contributed by atoms with van der Waals surface area (Å²) < 4.78 is 0. The Morgan fingerprint density at radius 3 is 2.75 bits per heavy atom. The van der Waals surface area contributed by atoms with Crippen LogP contribution in [0, 0.1) is 0 Å². The van der Waals surface area contributed by atoms with Gasteiger partial charge >= 0.3 is 0 Å². The summed E-state index contributed by atoms with van der Waals surface area (Å²) in [6, 6.07) is 14.8. The summed E-state index contributed by atoms with van der Waals surface area (Å²) in [5.74, 6) is 0.0926. The number of benzene rings is 2. The second-order valence-corrected chi connectivity index (χ2v) is 6.46. The second-order valence-electron chi connectivity index (χ2n) is 5.45. The summed E-state index contributed by atoms with van der Waals surface area (Å²) >= 11 is 1.35. The van der Waals surface area contributed by atoms with Gasteiger partial charge in [-0.05, 0) is 53.6 Å². The number of phenolic OH excluding ortho intramolecular Hbond substituents is 1. The largest absolute Gasteiger partial charge is 0.508 e. The number of rotatable bonds is 3. The van der Waals surface area contributed by atoms with E-state index >= 15 is 0 Å². The number of likely N-dealkylation sites (N-methyl/N-ethyl adjacent to an activating group) is 1.